The van der Waals surface area contributed by atoms with Crippen molar-refractivity contribution in [2.45, 2.75) is 61.1 Å². The van der Waals surface area contributed by atoms with E-state index in [0.717, 1.165) is 4.90 Å². The molecule has 0 fully saturated rings. The Bertz CT molecular complexity index is 519. The van der Waals surface area contributed by atoms with Crippen molar-refractivity contribution < 1.29 is 0 Å². The molecule has 2 aromatic rings. The summed E-state index contributed by atoms with van der Waals surface area (Å²) in [7, 11) is 0. The van der Waals surface area contributed by atoms with Crippen molar-refractivity contribution in [3.8, 4) is 0 Å². The van der Waals surface area contributed by atoms with Crippen LogP contribution in [0.25, 0.3) is 0 Å². The minimum atomic E-state index is 0.219. The van der Waals surface area contributed by atoms with Gasteiger partial charge in [-0.3, -0.25) is 0 Å². The van der Waals surface area contributed by atoms with Gasteiger partial charge in [-0.25, -0.2) is 0 Å². The van der Waals surface area contributed by atoms with Gasteiger partial charge < -0.3 is 0 Å². The fraction of sp³-hybridized carbons (Fsp3) is 0.368. The average molecular weight is 319 g/mol. The summed E-state index contributed by atoms with van der Waals surface area (Å²) in [5, 5.41) is 0. The maximum Gasteiger partial charge on any atom is 0.0123 e. The maximum atomic E-state index is 4.29. The molecule has 0 saturated carbocycles. The molecule has 2 rings (SSSR count). The molecule has 21 heavy (non-hydrogen) atoms. The summed E-state index contributed by atoms with van der Waals surface area (Å²) in [6, 6.07) is 17.1. The van der Waals surface area contributed by atoms with Gasteiger partial charge in [0.2, 0.25) is 0 Å². The smallest absolute Gasteiger partial charge is 0.0123 e. The van der Waals surface area contributed by atoms with E-state index >= 15 is 0 Å². The average Bonchev–Trinajstić information content (AvgIpc) is 2.42. The highest BCUT2D eigenvalue weighted by Gasteiger charge is 2.12. The van der Waals surface area contributed by atoms with Gasteiger partial charge in [-0.2, -0.15) is 0 Å². The standard InChI is InChI=1S/C16H18S2.C3H8/c1-16(2,3)12-4-8-14(9-5-12)18-15-10-6-13(17)7-11-15;1-3-2/h4-11,17H,1-3H3;3H2,1-2H3. The monoisotopic (exact) mass is 318 g/mol. The molecule has 0 nitrogen and oxygen atoms in total. The largest absolute Gasteiger partial charge is 0.143 e. The highest BCUT2D eigenvalue weighted by atomic mass is 32.2. The molecule has 0 aromatic heterocycles. The van der Waals surface area contributed by atoms with Gasteiger partial charge in [-0.15, -0.1) is 12.6 Å². The highest BCUT2D eigenvalue weighted by molar-refractivity contribution is 7.99. The first-order chi connectivity index (χ1) is 9.86. The fourth-order valence-corrected chi connectivity index (χ4v) is 2.64. The number of hydrogen-bond donors (Lipinski definition) is 1. The summed E-state index contributed by atoms with van der Waals surface area (Å²) in [6.07, 6.45) is 1.25. The molecular formula is C19H26S2. The highest BCUT2D eigenvalue weighted by Crippen LogP contribution is 2.30. The first-order valence-corrected chi connectivity index (χ1v) is 8.70. The summed E-state index contributed by atoms with van der Waals surface area (Å²) in [4.78, 5) is 3.52. The number of rotatable bonds is 2. The lowest BCUT2D eigenvalue weighted by Gasteiger charge is -2.19. The first-order valence-electron chi connectivity index (χ1n) is 7.44. The quantitative estimate of drug-likeness (QED) is 0.591. The second-order valence-electron chi connectivity index (χ2n) is 6.08. The van der Waals surface area contributed by atoms with Crippen LogP contribution in [0.15, 0.2) is 63.2 Å². The van der Waals surface area contributed by atoms with Crippen LogP contribution in [0.1, 0.15) is 46.6 Å². The molecule has 0 bridgehead atoms. The third kappa shape index (κ3) is 6.62. The molecule has 0 amide bonds. The normalized spacial score (nSPS) is 10.8. The van der Waals surface area contributed by atoms with Crippen molar-refractivity contribution in [1.29, 1.82) is 0 Å². The zero-order valence-electron chi connectivity index (χ0n) is 13.7. The van der Waals surface area contributed by atoms with Gasteiger partial charge in [0.05, 0.1) is 0 Å². The van der Waals surface area contributed by atoms with Crippen LogP contribution in [-0.4, -0.2) is 0 Å². The molecule has 0 N–H and O–H groups in total. The van der Waals surface area contributed by atoms with E-state index in [1.165, 1.54) is 21.8 Å². The van der Waals surface area contributed by atoms with Crippen LogP contribution in [0, 0.1) is 0 Å². The van der Waals surface area contributed by atoms with Crippen LogP contribution < -0.4 is 0 Å². The van der Waals surface area contributed by atoms with Gasteiger partial charge in [0.1, 0.15) is 0 Å². The Labute approximate surface area is 139 Å². The fourth-order valence-electron chi connectivity index (χ4n) is 1.67. The predicted octanol–water partition coefficient (Wildman–Crippen LogP) is 6.84. The van der Waals surface area contributed by atoms with E-state index in [4.69, 9.17) is 0 Å². The topological polar surface area (TPSA) is 0 Å². The Balaban J connectivity index is 0.000000677. The molecule has 0 aliphatic rings. The van der Waals surface area contributed by atoms with Crippen molar-refractivity contribution in [3.05, 3.63) is 54.1 Å². The van der Waals surface area contributed by atoms with Gasteiger partial charge >= 0.3 is 0 Å². The SMILES string of the molecule is CC(C)(C)c1ccc(Sc2ccc(S)cc2)cc1.CCC. The minimum Gasteiger partial charge on any atom is -0.143 e. The van der Waals surface area contributed by atoms with Gasteiger partial charge in [0.15, 0.2) is 0 Å². The van der Waals surface area contributed by atoms with Gasteiger partial charge in [0.25, 0.3) is 0 Å². The Morgan fingerprint density at radius 3 is 1.57 bits per heavy atom. The van der Waals surface area contributed by atoms with Crippen LogP contribution in [0.4, 0.5) is 0 Å². The van der Waals surface area contributed by atoms with Crippen molar-refractivity contribution in [2.75, 3.05) is 0 Å². The van der Waals surface area contributed by atoms with Crippen molar-refractivity contribution in [2.24, 2.45) is 0 Å². The third-order valence-corrected chi connectivity index (χ3v) is 4.11. The minimum absolute atomic E-state index is 0.219. The molecule has 2 heteroatoms. The zero-order valence-corrected chi connectivity index (χ0v) is 15.4. The Kier molecular flexibility index (Phi) is 7.41. The second-order valence-corrected chi connectivity index (χ2v) is 7.74. The molecule has 2 aromatic carbocycles. The number of thiol groups is 1. The molecule has 0 atom stereocenters. The molecular weight excluding hydrogens is 292 g/mol. The lowest BCUT2D eigenvalue weighted by Crippen LogP contribution is -2.10. The van der Waals surface area contributed by atoms with Crippen LogP contribution in [0.2, 0.25) is 0 Å². The maximum absolute atomic E-state index is 4.29. The number of hydrogen-bond acceptors (Lipinski definition) is 2. The summed E-state index contributed by atoms with van der Waals surface area (Å²) in [5.41, 5.74) is 1.59. The van der Waals surface area contributed by atoms with Gasteiger partial charge in [-0.05, 0) is 47.4 Å². The Morgan fingerprint density at radius 1 is 0.810 bits per heavy atom. The second kappa shape index (κ2) is 8.55. The van der Waals surface area contributed by atoms with E-state index < -0.39 is 0 Å². The van der Waals surface area contributed by atoms with Gasteiger partial charge in [-0.1, -0.05) is 64.9 Å². The molecule has 0 aliphatic heterocycles. The summed E-state index contributed by atoms with van der Waals surface area (Å²) >= 11 is 6.08. The first kappa shape index (κ1) is 18.2. The van der Waals surface area contributed by atoms with E-state index in [0.29, 0.717) is 0 Å². The van der Waals surface area contributed by atoms with Crippen molar-refractivity contribution >= 4 is 24.4 Å². The zero-order chi connectivity index (χ0) is 15.9. The third-order valence-electron chi connectivity index (χ3n) is 2.79. The molecule has 0 saturated heterocycles. The van der Waals surface area contributed by atoms with E-state index in [2.05, 4.69) is 83.6 Å². The Morgan fingerprint density at radius 2 is 1.19 bits per heavy atom. The van der Waals surface area contributed by atoms with Crippen LogP contribution >= 0.6 is 24.4 Å². The van der Waals surface area contributed by atoms with E-state index in [9.17, 15) is 0 Å². The van der Waals surface area contributed by atoms with Crippen LogP contribution in [-0.2, 0) is 5.41 Å². The van der Waals surface area contributed by atoms with E-state index in [-0.39, 0.29) is 5.41 Å². The molecule has 0 unspecified atom stereocenters. The molecule has 0 radical (unpaired) electrons. The summed E-state index contributed by atoms with van der Waals surface area (Å²) in [5.74, 6) is 0. The van der Waals surface area contributed by atoms with Crippen molar-refractivity contribution in [3.63, 3.8) is 0 Å². The molecule has 0 spiro atoms. The Hall–Kier alpha value is -0.860. The number of benzene rings is 2. The van der Waals surface area contributed by atoms with Gasteiger partial charge in [0, 0.05) is 14.7 Å². The van der Waals surface area contributed by atoms with Crippen LogP contribution in [0.3, 0.4) is 0 Å². The molecule has 114 valence electrons. The lowest BCUT2D eigenvalue weighted by atomic mass is 9.87. The molecule has 0 aliphatic carbocycles. The lowest BCUT2D eigenvalue weighted by molar-refractivity contribution is 0.590. The van der Waals surface area contributed by atoms with Crippen LogP contribution in [0.5, 0.6) is 0 Å². The summed E-state index contributed by atoms with van der Waals surface area (Å²) < 4.78 is 0. The van der Waals surface area contributed by atoms with E-state index in [1.54, 1.807) is 11.8 Å². The predicted molar refractivity (Wildman–Crippen MR) is 98.9 cm³/mol. The van der Waals surface area contributed by atoms with E-state index in [1.807, 2.05) is 12.1 Å². The summed E-state index contributed by atoms with van der Waals surface area (Å²) in [6.45, 7) is 11.0. The van der Waals surface area contributed by atoms with Crippen molar-refractivity contribution in [1.82, 2.24) is 0 Å². The molecule has 0 heterocycles.